The molecule has 1 aliphatic heterocycles. The van der Waals surface area contributed by atoms with Crippen LogP contribution in [0.3, 0.4) is 0 Å². The van der Waals surface area contributed by atoms with E-state index in [0.29, 0.717) is 41.4 Å². The number of likely N-dealkylation sites (N-methyl/N-ethyl adjacent to an activating group) is 1. The van der Waals surface area contributed by atoms with Gasteiger partial charge < -0.3 is 19.1 Å². The summed E-state index contributed by atoms with van der Waals surface area (Å²) in [5.41, 5.74) is 2.41. The summed E-state index contributed by atoms with van der Waals surface area (Å²) in [6.45, 7) is 3.52. The van der Waals surface area contributed by atoms with Crippen molar-refractivity contribution in [3.63, 3.8) is 0 Å². The van der Waals surface area contributed by atoms with Gasteiger partial charge in [0, 0.05) is 20.2 Å². The van der Waals surface area contributed by atoms with Crippen molar-refractivity contribution in [2.45, 2.75) is 13.5 Å². The molecule has 0 aliphatic carbocycles. The zero-order valence-electron chi connectivity index (χ0n) is 18.4. The van der Waals surface area contributed by atoms with Gasteiger partial charge in [-0.25, -0.2) is 0 Å². The highest BCUT2D eigenvalue weighted by Gasteiger charge is 2.41. The van der Waals surface area contributed by atoms with Crippen molar-refractivity contribution >= 4 is 17.4 Å². The highest BCUT2D eigenvalue weighted by molar-refractivity contribution is 6.35. The Balaban J connectivity index is 2.10. The maximum atomic E-state index is 13.4. The SMILES string of the molecule is CCN(Cc1ccccc1)C1=C(c2ccc(OC)c(OC)c2)C(=O)N(CCOC)C1=O. The molecule has 0 spiro atoms. The molecule has 2 aromatic rings. The fraction of sp³-hybridized carbons (Fsp3) is 0.333. The number of amides is 2. The highest BCUT2D eigenvalue weighted by atomic mass is 16.5. The number of carbonyl (C=O) groups excluding carboxylic acids is 2. The number of ether oxygens (including phenoxy) is 3. The summed E-state index contributed by atoms with van der Waals surface area (Å²) < 4.78 is 15.8. The van der Waals surface area contributed by atoms with E-state index in [4.69, 9.17) is 14.2 Å². The average Bonchev–Trinajstić information content (AvgIpc) is 3.05. The van der Waals surface area contributed by atoms with E-state index < -0.39 is 0 Å². The van der Waals surface area contributed by atoms with Crippen molar-refractivity contribution in [2.75, 3.05) is 41.0 Å². The Labute approximate surface area is 182 Å². The summed E-state index contributed by atoms with van der Waals surface area (Å²) in [6, 6.07) is 15.1. The maximum Gasteiger partial charge on any atom is 0.277 e. The molecule has 0 saturated heterocycles. The molecule has 7 heteroatoms. The van der Waals surface area contributed by atoms with Crippen molar-refractivity contribution in [1.29, 1.82) is 0 Å². The summed E-state index contributed by atoms with van der Waals surface area (Å²) in [4.78, 5) is 29.9. The number of benzene rings is 2. The van der Waals surface area contributed by atoms with Gasteiger partial charge in [0.05, 0.1) is 32.9 Å². The van der Waals surface area contributed by atoms with E-state index in [1.807, 2.05) is 42.2 Å². The van der Waals surface area contributed by atoms with Crippen LogP contribution in [0.4, 0.5) is 0 Å². The molecule has 2 amide bonds. The lowest BCUT2D eigenvalue weighted by Gasteiger charge is -2.25. The molecule has 1 aliphatic rings. The summed E-state index contributed by atoms with van der Waals surface area (Å²) >= 11 is 0. The molecule has 7 nitrogen and oxygen atoms in total. The number of hydrogen-bond acceptors (Lipinski definition) is 6. The van der Waals surface area contributed by atoms with Crippen molar-refractivity contribution in [2.24, 2.45) is 0 Å². The van der Waals surface area contributed by atoms with Crippen LogP contribution in [0.1, 0.15) is 18.1 Å². The quantitative estimate of drug-likeness (QED) is 0.547. The molecule has 0 aromatic heterocycles. The monoisotopic (exact) mass is 424 g/mol. The maximum absolute atomic E-state index is 13.4. The Morgan fingerprint density at radius 1 is 0.903 bits per heavy atom. The Kier molecular flexibility index (Phi) is 7.31. The standard InChI is InChI=1S/C24H28N2O5/c1-5-25(16-17-9-7-6-8-10-17)22-21(23(27)26(24(22)28)13-14-29-2)18-11-12-19(30-3)20(15-18)31-4/h6-12,15H,5,13-14,16H2,1-4H3. The zero-order valence-corrected chi connectivity index (χ0v) is 18.4. The lowest BCUT2D eigenvalue weighted by molar-refractivity contribution is -0.138. The molecule has 2 aromatic carbocycles. The van der Waals surface area contributed by atoms with E-state index in [1.54, 1.807) is 32.4 Å². The second kappa shape index (κ2) is 10.1. The summed E-state index contributed by atoms with van der Waals surface area (Å²) in [5, 5.41) is 0. The van der Waals surface area contributed by atoms with Crippen LogP contribution < -0.4 is 9.47 Å². The minimum Gasteiger partial charge on any atom is -0.493 e. The fourth-order valence-corrected chi connectivity index (χ4v) is 3.65. The van der Waals surface area contributed by atoms with Crippen LogP contribution in [0, 0.1) is 0 Å². The van der Waals surface area contributed by atoms with Crippen LogP contribution in [0.15, 0.2) is 54.2 Å². The Bertz CT molecular complexity index is 971. The molecule has 0 radical (unpaired) electrons. The third-order valence-electron chi connectivity index (χ3n) is 5.25. The van der Waals surface area contributed by atoms with Crippen LogP contribution in [-0.4, -0.2) is 62.6 Å². The second-order valence-electron chi connectivity index (χ2n) is 7.05. The van der Waals surface area contributed by atoms with Crippen molar-refractivity contribution in [3.8, 4) is 11.5 Å². The van der Waals surface area contributed by atoms with Gasteiger partial charge in [-0.15, -0.1) is 0 Å². The minimum atomic E-state index is -0.337. The lowest BCUT2D eigenvalue weighted by atomic mass is 10.0. The third-order valence-corrected chi connectivity index (χ3v) is 5.25. The van der Waals surface area contributed by atoms with E-state index >= 15 is 0 Å². The lowest BCUT2D eigenvalue weighted by Crippen LogP contribution is -2.37. The molecule has 0 unspecified atom stereocenters. The van der Waals surface area contributed by atoms with Gasteiger partial charge in [-0.05, 0) is 30.2 Å². The summed E-state index contributed by atoms with van der Waals surface area (Å²) in [7, 11) is 4.64. The first-order valence-corrected chi connectivity index (χ1v) is 10.2. The summed E-state index contributed by atoms with van der Waals surface area (Å²) in [6.07, 6.45) is 0. The first kappa shape index (κ1) is 22.4. The number of rotatable bonds is 10. The van der Waals surface area contributed by atoms with Crippen LogP contribution in [0.2, 0.25) is 0 Å². The molecule has 31 heavy (non-hydrogen) atoms. The van der Waals surface area contributed by atoms with E-state index in [1.165, 1.54) is 12.0 Å². The first-order chi connectivity index (χ1) is 15.0. The molecule has 1 heterocycles. The van der Waals surface area contributed by atoms with E-state index in [9.17, 15) is 9.59 Å². The van der Waals surface area contributed by atoms with Crippen LogP contribution in [-0.2, 0) is 20.9 Å². The average molecular weight is 424 g/mol. The number of carbonyl (C=O) groups is 2. The highest BCUT2D eigenvalue weighted by Crippen LogP contribution is 2.36. The van der Waals surface area contributed by atoms with E-state index in [0.717, 1.165) is 5.56 Å². The Morgan fingerprint density at radius 3 is 2.23 bits per heavy atom. The molecule has 164 valence electrons. The van der Waals surface area contributed by atoms with Gasteiger partial charge in [0.2, 0.25) is 0 Å². The van der Waals surface area contributed by atoms with Gasteiger partial charge in [-0.2, -0.15) is 0 Å². The van der Waals surface area contributed by atoms with Crippen LogP contribution in [0.25, 0.3) is 5.57 Å². The van der Waals surface area contributed by atoms with Crippen LogP contribution in [0.5, 0.6) is 11.5 Å². The second-order valence-corrected chi connectivity index (χ2v) is 7.05. The Hall–Kier alpha value is -3.32. The number of hydrogen-bond donors (Lipinski definition) is 0. The topological polar surface area (TPSA) is 68.3 Å². The summed E-state index contributed by atoms with van der Waals surface area (Å²) in [5.74, 6) is 0.395. The molecule has 0 bridgehead atoms. The van der Waals surface area contributed by atoms with Crippen molar-refractivity contribution < 1.29 is 23.8 Å². The van der Waals surface area contributed by atoms with Gasteiger partial charge in [0.15, 0.2) is 11.5 Å². The van der Waals surface area contributed by atoms with Gasteiger partial charge in [0.1, 0.15) is 5.70 Å². The molecular weight excluding hydrogens is 396 g/mol. The number of imide groups is 1. The smallest absolute Gasteiger partial charge is 0.277 e. The van der Waals surface area contributed by atoms with Gasteiger partial charge in [-0.1, -0.05) is 36.4 Å². The van der Waals surface area contributed by atoms with E-state index in [2.05, 4.69) is 0 Å². The molecule has 3 rings (SSSR count). The number of nitrogens with zero attached hydrogens (tertiary/aromatic N) is 2. The molecule has 0 N–H and O–H groups in total. The van der Waals surface area contributed by atoms with Gasteiger partial charge in [-0.3, -0.25) is 14.5 Å². The minimum absolute atomic E-state index is 0.192. The predicted molar refractivity (Wildman–Crippen MR) is 118 cm³/mol. The van der Waals surface area contributed by atoms with Crippen molar-refractivity contribution in [3.05, 3.63) is 65.4 Å². The van der Waals surface area contributed by atoms with Gasteiger partial charge >= 0.3 is 0 Å². The zero-order chi connectivity index (χ0) is 22.4. The third kappa shape index (κ3) is 4.56. The van der Waals surface area contributed by atoms with Crippen LogP contribution >= 0.6 is 0 Å². The predicted octanol–water partition coefficient (Wildman–Crippen LogP) is 2.95. The van der Waals surface area contributed by atoms with Gasteiger partial charge in [0.25, 0.3) is 11.8 Å². The molecule has 0 atom stereocenters. The number of methoxy groups -OCH3 is 3. The Morgan fingerprint density at radius 2 is 1.61 bits per heavy atom. The molecule has 0 saturated carbocycles. The largest absolute Gasteiger partial charge is 0.493 e. The van der Waals surface area contributed by atoms with E-state index in [-0.39, 0.29) is 25.0 Å². The van der Waals surface area contributed by atoms with Crippen molar-refractivity contribution in [1.82, 2.24) is 9.80 Å². The molecular formula is C24H28N2O5. The fourth-order valence-electron chi connectivity index (χ4n) is 3.65. The molecule has 0 fully saturated rings. The first-order valence-electron chi connectivity index (χ1n) is 10.2. The normalized spacial score (nSPS) is 13.7.